The van der Waals surface area contributed by atoms with Crippen molar-refractivity contribution in [1.29, 1.82) is 0 Å². The van der Waals surface area contributed by atoms with E-state index in [9.17, 15) is 4.79 Å². The van der Waals surface area contributed by atoms with Gasteiger partial charge in [0.25, 0.3) is 5.91 Å². The van der Waals surface area contributed by atoms with Gasteiger partial charge in [-0.2, -0.15) is 0 Å². The van der Waals surface area contributed by atoms with Crippen molar-refractivity contribution >= 4 is 38.7 Å². The minimum absolute atomic E-state index is 0.121. The summed E-state index contributed by atoms with van der Waals surface area (Å²) in [4.78, 5) is 19.6. The topological polar surface area (TPSA) is 33.2 Å². The largest absolute Gasteiger partial charge is 0.338 e. The molecular weight excluding hydrogens is 300 g/mol. The number of hydrogen-bond acceptors (Lipinski definition) is 4. The Kier molecular flexibility index (Phi) is 4.31. The molecule has 0 saturated carbocycles. The zero-order valence-electron chi connectivity index (χ0n) is 11.8. The van der Waals surface area contributed by atoms with Crippen molar-refractivity contribution in [2.75, 3.05) is 13.1 Å². The van der Waals surface area contributed by atoms with Crippen LogP contribution >= 0.6 is 22.7 Å². The van der Waals surface area contributed by atoms with E-state index in [-0.39, 0.29) is 5.91 Å². The molecule has 0 radical (unpaired) electrons. The molecule has 2 aromatic heterocycles. The van der Waals surface area contributed by atoms with Gasteiger partial charge < -0.3 is 4.90 Å². The van der Waals surface area contributed by atoms with E-state index in [1.54, 1.807) is 22.7 Å². The fraction of sp³-hybridized carbons (Fsp3) is 0.250. The summed E-state index contributed by atoms with van der Waals surface area (Å²) in [5.41, 5.74) is 0. The maximum atomic E-state index is 12.6. The molecule has 1 amide bonds. The van der Waals surface area contributed by atoms with Crippen LogP contribution in [0.25, 0.3) is 10.1 Å². The molecule has 0 aliphatic carbocycles. The Morgan fingerprint density at radius 1 is 1.33 bits per heavy atom. The number of aromatic nitrogens is 1. The molecule has 3 rings (SSSR count). The number of fused-ring (bicyclic) bond motifs is 1. The summed E-state index contributed by atoms with van der Waals surface area (Å²) in [7, 11) is 0. The first-order valence-corrected chi connectivity index (χ1v) is 8.63. The molecule has 0 saturated heterocycles. The van der Waals surface area contributed by atoms with E-state index < -0.39 is 0 Å². The van der Waals surface area contributed by atoms with Crippen molar-refractivity contribution in [1.82, 2.24) is 9.88 Å². The molecule has 2 heterocycles. The van der Waals surface area contributed by atoms with Crippen LogP contribution in [0, 0.1) is 0 Å². The zero-order chi connectivity index (χ0) is 14.7. The molecule has 3 nitrogen and oxygen atoms in total. The highest BCUT2D eigenvalue weighted by molar-refractivity contribution is 7.20. The number of likely N-dealkylation sites (N-methyl/N-ethyl adjacent to an activating group) is 1. The van der Waals surface area contributed by atoms with Crippen molar-refractivity contribution in [3.8, 4) is 0 Å². The number of amides is 1. The molecule has 21 heavy (non-hydrogen) atoms. The maximum Gasteiger partial charge on any atom is 0.263 e. The van der Waals surface area contributed by atoms with Crippen molar-refractivity contribution in [3.63, 3.8) is 0 Å². The lowest BCUT2D eigenvalue weighted by atomic mass is 10.2. The first-order chi connectivity index (χ1) is 10.3. The fourth-order valence-corrected chi connectivity index (χ4v) is 3.89. The normalized spacial score (nSPS) is 10.9. The third kappa shape index (κ3) is 3.14. The highest BCUT2D eigenvalue weighted by Crippen LogP contribution is 2.26. The fourth-order valence-electron chi connectivity index (χ4n) is 2.25. The van der Waals surface area contributed by atoms with E-state index in [1.807, 2.05) is 41.6 Å². The van der Waals surface area contributed by atoms with Gasteiger partial charge in [0.2, 0.25) is 0 Å². The summed E-state index contributed by atoms with van der Waals surface area (Å²) < 4.78 is 1.16. The number of hydrogen-bond donors (Lipinski definition) is 0. The lowest BCUT2D eigenvalue weighted by molar-refractivity contribution is 0.0771. The SMILES string of the molecule is CCN(CCc1nccs1)C(=O)c1cc2ccccc2s1. The summed E-state index contributed by atoms with van der Waals surface area (Å²) >= 11 is 3.21. The summed E-state index contributed by atoms with van der Waals surface area (Å²) in [6.07, 6.45) is 2.63. The number of nitrogens with zero attached hydrogens (tertiary/aromatic N) is 2. The molecule has 1 aromatic carbocycles. The number of thiophene rings is 1. The second kappa shape index (κ2) is 6.37. The van der Waals surface area contributed by atoms with Gasteiger partial charge in [-0.1, -0.05) is 18.2 Å². The Morgan fingerprint density at radius 2 is 2.19 bits per heavy atom. The van der Waals surface area contributed by atoms with E-state index in [1.165, 1.54) is 0 Å². The van der Waals surface area contributed by atoms with Crippen LogP contribution in [-0.2, 0) is 6.42 Å². The number of benzene rings is 1. The van der Waals surface area contributed by atoms with Gasteiger partial charge in [-0.05, 0) is 24.4 Å². The zero-order valence-corrected chi connectivity index (χ0v) is 13.4. The van der Waals surface area contributed by atoms with E-state index in [4.69, 9.17) is 0 Å². The first-order valence-electron chi connectivity index (χ1n) is 6.94. The Hall–Kier alpha value is -1.72. The van der Waals surface area contributed by atoms with Crippen LogP contribution in [0.5, 0.6) is 0 Å². The monoisotopic (exact) mass is 316 g/mol. The molecule has 3 aromatic rings. The summed E-state index contributed by atoms with van der Waals surface area (Å²) in [6, 6.07) is 10.1. The lowest BCUT2D eigenvalue weighted by Crippen LogP contribution is -2.32. The molecule has 0 spiro atoms. The Bertz CT molecular complexity index is 701. The van der Waals surface area contributed by atoms with Crippen LogP contribution in [0.2, 0.25) is 0 Å². The minimum atomic E-state index is 0.121. The summed E-state index contributed by atoms with van der Waals surface area (Å²) in [5, 5.41) is 4.19. The third-order valence-corrected chi connectivity index (χ3v) is 5.33. The summed E-state index contributed by atoms with van der Waals surface area (Å²) in [6.45, 7) is 3.46. The molecule has 108 valence electrons. The predicted octanol–water partition coefficient (Wildman–Crippen LogP) is 4.06. The van der Waals surface area contributed by atoms with E-state index >= 15 is 0 Å². The van der Waals surface area contributed by atoms with Crippen molar-refractivity contribution < 1.29 is 4.79 Å². The van der Waals surface area contributed by atoms with Crippen LogP contribution in [0.15, 0.2) is 41.9 Å². The van der Waals surface area contributed by atoms with E-state index in [0.29, 0.717) is 0 Å². The van der Waals surface area contributed by atoms with Gasteiger partial charge >= 0.3 is 0 Å². The van der Waals surface area contributed by atoms with Gasteiger partial charge in [0.05, 0.1) is 9.88 Å². The predicted molar refractivity (Wildman–Crippen MR) is 89.2 cm³/mol. The Morgan fingerprint density at radius 3 is 2.90 bits per heavy atom. The maximum absolute atomic E-state index is 12.6. The van der Waals surface area contributed by atoms with E-state index in [0.717, 1.165) is 39.5 Å². The lowest BCUT2D eigenvalue weighted by Gasteiger charge is -2.19. The molecule has 0 bridgehead atoms. The van der Waals surface area contributed by atoms with Gasteiger partial charge in [0, 0.05) is 35.8 Å². The van der Waals surface area contributed by atoms with Gasteiger partial charge in [-0.3, -0.25) is 4.79 Å². The smallest absolute Gasteiger partial charge is 0.263 e. The highest BCUT2D eigenvalue weighted by Gasteiger charge is 2.17. The van der Waals surface area contributed by atoms with E-state index in [2.05, 4.69) is 17.1 Å². The number of carbonyl (C=O) groups excluding carboxylic acids is 1. The van der Waals surface area contributed by atoms with Gasteiger partial charge in [-0.15, -0.1) is 22.7 Å². The second-order valence-corrected chi connectivity index (χ2v) is 6.77. The average Bonchev–Trinajstić information content (AvgIpc) is 3.16. The Labute approximate surface area is 131 Å². The molecule has 0 fully saturated rings. The van der Waals surface area contributed by atoms with Crippen molar-refractivity contribution in [2.24, 2.45) is 0 Å². The van der Waals surface area contributed by atoms with Gasteiger partial charge in [0.15, 0.2) is 0 Å². The van der Waals surface area contributed by atoms with Crippen molar-refractivity contribution in [3.05, 3.63) is 51.8 Å². The highest BCUT2D eigenvalue weighted by atomic mass is 32.1. The van der Waals surface area contributed by atoms with Gasteiger partial charge in [-0.25, -0.2) is 4.98 Å². The third-order valence-electron chi connectivity index (χ3n) is 3.38. The minimum Gasteiger partial charge on any atom is -0.338 e. The average molecular weight is 316 g/mol. The molecule has 5 heteroatoms. The Balaban J connectivity index is 1.74. The molecule has 0 unspecified atom stereocenters. The van der Waals surface area contributed by atoms with Crippen LogP contribution in [0.1, 0.15) is 21.6 Å². The quantitative estimate of drug-likeness (QED) is 0.711. The van der Waals surface area contributed by atoms with Crippen LogP contribution in [0.4, 0.5) is 0 Å². The summed E-state index contributed by atoms with van der Waals surface area (Å²) in [5.74, 6) is 0.121. The molecule has 0 atom stereocenters. The molecule has 0 aliphatic rings. The van der Waals surface area contributed by atoms with Crippen LogP contribution < -0.4 is 0 Å². The van der Waals surface area contributed by atoms with Crippen LogP contribution in [-0.4, -0.2) is 28.9 Å². The standard InChI is InChI=1S/C16H16N2OS2/c1-2-18(9-7-15-17-8-10-20-15)16(19)14-11-12-5-3-4-6-13(12)21-14/h3-6,8,10-11H,2,7,9H2,1H3. The molecule has 0 aliphatic heterocycles. The molecular formula is C16H16N2OS2. The molecule has 0 N–H and O–H groups in total. The first kappa shape index (κ1) is 14.2. The second-order valence-electron chi connectivity index (χ2n) is 4.71. The number of rotatable bonds is 5. The van der Waals surface area contributed by atoms with Gasteiger partial charge in [0.1, 0.15) is 0 Å². The van der Waals surface area contributed by atoms with Crippen molar-refractivity contribution in [2.45, 2.75) is 13.3 Å². The van der Waals surface area contributed by atoms with Crippen LogP contribution in [0.3, 0.4) is 0 Å². The number of thiazole rings is 1. The number of carbonyl (C=O) groups is 1.